The Kier molecular flexibility index (Phi) is 5.46. The molecule has 3 rings (SSSR count). The molecule has 1 atom stereocenters. The number of rotatable bonds is 6. The molecule has 1 N–H and O–H groups in total. The summed E-state index contributed by atoms with van der Waals surface area (Å²) in [6, 6.07) is 19.2. The van der Waals surface area contributed by atoms with Gasteiger partial charge in [-0.15, -0.1) is 0 Å². The second-order valence-electron chi connectivity index (χ2n) is 6.40. The molecular formula is C21H21NO4S. The molecule has 1 aromatic heterocycles. The minimum Gasteiger partial charge on any atom is -0.455 e. The Hall–Kier alpha value is -2.86. The van der Waals surface area contributed by atoms with Crippen LogP contribution in [0.3, 0.4) is 0 Å². The smallest absolute Gasteiger partial charge is 0.287 e. The van der Waals surface area contributed by atoms with Crippen LogP contribution in [-0.2, 0) is 15.6 Å². The third-order valence-electron chi connectivity index (χ3n) is 4.29. The van der Waals surface area contributed by atoms with Crippen molar-refractivity contribution < 1.29 is 17.6 Å². The van der Waals surface area contributed by atoms with Crippen molar-refractivity contribution in [3.05, 3.63) is 89.4 Å². The summed E-state index contributed by atoms with van der Waals surface area (Å²) >= 11 is 0. The number of sulfone groups is 1. The maximum absolute atomic E-state index is 12.6. The van der Waals surface area contributed by atoms with Crippen LogP contribution in [0, 0.1) is 6.92 Å². The summed E-state index contributed by atoms with van der Waals surface area (Å²) in [5, 5.41) is 2.85. The maximum Gasteiger partial charge on any atom is 0.287 e. The van der Waals surface area contributed by atoms with E-state index in [1.807, 2.05) is 37.3 Å². The van der Waals surface area contributed by atoms with Crippen molar-refractivity contribution in [3.8, 4) is 0 Å². The first-order valence-electron chi connectivity index (χ1n) is 8.60. The molecule has 0 radical (unpaired) electrons. The van der Waals surface area contributed by atoms with Crippen LogP contribution in [0.1, 0.15) is 40.4 Å². The molecule has 0 aliphatic carbocycles. The molecule has 6 heteroatoms. The van der Waals surface area contributed by atoms with Crippen LogP contribution < -0.4 is 5.32 Å². The van der Waals surface area contributed by atoms with Gasteiger partial charge in [0.05, 0.1) is 10.9 Å². The quantitative estimate of drug-likeness (QED) is 0.697. The van der Waals surface area contributed by atoms with Gasteiger partial charge in [0.1, 0.15) is 11.5 Å². The number of aryl methyl sites for hydroxylation is 1. The van der Waals surface area contributed by atoms with Crippen molar-refractivity contribution >= 4 is 15.7 Å². The lowest BCUT2D eigenvalue weighted by Gasteiger charge is -2.13. The molecule has 3 aromatic rings. The van der Waals surface area contributed by atoms with E-state index in [-0.39, 0.29) is 34.1 Å². The SMILES string of the molecule is Cc1ccccc1S(=O)(=O)Cc1ccc(C(=O)N[C@@H](C)c2ccccc2)o1. The number of hydrogen-bond donors (Lipinski definition) is 1. The predicted octanol–water partition coefficient (Wildman–Crippen LogP) is 4.05. The first-order valence-corrected chi connectivity index (χ1v) is 10.2. The number of furan rings is 1. The van der Waals surface area contributed by atoms with Crippen LogP contribution in [0.4, 0.5) is 0 Å². The standard InChI is InChI=1S/C21H21NO4S/c1-15-8-6-7-11-20(15)27(24,25)14-18-12-13-19(26-18)21(23)22-16(2)17-9-4-3-5-10-17/h3-13,16H,14H2,1-2H3,(H,22,23)/t16-/m0/s1. The van der Waals surface area contributed by atoms with Gasteiger partial charge in [-0.1, -0.05) is 48.5 Å². The van der Waals surface area contributed by atoms with Crippen LogP contribution >= 0.6 is 0 Å². The van der Waals surface area contributed by atoms with Crippen molar-refractivity contribution in [1.29, 1.82) is 0 Å². The van der Waals surface area contributed by atoms with E-state index in [0.717, 1.165) is 5.56 Å². The third kappa shape index (κ3) is 4.46. The Morgan fingerprint density at radius 2 is 1.67 bits per heavy atom. The highest BCUT2D eigenvalue weighted by atomic mass is 32.2. The normalized spacial score (nSPS) is 12.5. The average molecular weight is 383 g/mol. The van der Waals surface area contributed by atoms with E-state index in [9.17, 15) is 13.2 Å². The van der Waals surface area contributed by atoms with E-state index >= 15 is 0 Å². The monoisotopic (exact) mass is 383 g/mol. The van der Waals surface area contributed by atoms with Gasteiger partial charge in [0, 0.05) is 0 Å². The minimum absolute atomic E-state index is 0.0905. The van der Waals surface area contributed by atoms with Gasteiger partial charge in [-0.2, -0.15) is 0 Å². The summed E-state index contributed by atoms with van der Waals surface area (Å²) in [6.45, 7) is 3.62. The van der Waals surface area contributed by atoms with Crippen LogP contribution in [0.15, 0.2) is 76.0 Å². The Morgan fingerprint density at radius 1 is 1.00 bits per heavy atom. The highest BCUT2D eigenvalue weighted by molar-refractivity contribution is 7.90. The predicted molar refractivity (Wildman–Crippen MR) is 103 cm³/mol. The van der Waals surface area contributed by atoms with E-state index in [0.29, 0.717) is 5.56 Å². The number of amides is 1. The fourth-order valence-electron chi connectivity index (χ4n) is 2.84. The Labute approximate surface area is 159 Å². The van der Waals surface area contributed by atoms with Crippen molar-refractivity contribution in [2.75, 3.05) is 0 Å². The van der Waals surface area contributed by atoms with Gasteiger partial charge in [0.25, 0.3) is 5.91 Å². The van der Waals surface area contributed by atoms with Gasteiger partial charge in [-0.05, 0) is 43.2 Å². The van der Waals surface area contributed by atoms with E-state index in [1.54, 1.807) is 31.2 Å². The fraction of sp³-hybridized carbons (Fsp3) is 0.190. The van der Waals surface area contributed by atoms with Gasteiger partial charge < -0.3 is 9.73 Å². The second-order valence-corrected chi connectivity index (χ2v) is 8.35. The number of hydrogen-bond acceptors (Lipinski definition) is 4. The molecule has 0 saturated heterocycles. The zero-order valence-electron chi connectivity index (χ0n) is 15.2. The van der Waals surface area contributed by atoms with Crippen LogP contribution in [-0.4, -0.2) is 14.3 Å². The molecule has 0 saturated carbocycles. The molecule has 0 fully saturated rings. The van der Waals surface area contributed by atoms with E-state index in [2.05, 4.69) is 5.32 Å². The Morgan fingerprint density at radius 3 is 2.37 bits per heavy atom. The van der Waals surface area contributed by atoms with Gasteiger partial charge in [-0.3, -0.25) is 4.79 Å². The lowest BCUT2D eigenvalue weighted by atomic mass is 10.1. The molecular weight excluding hydrogens is 362 g/mol. The molecule has 5 nitrogen and oxygen atoms in total. The Bertz CT molecular complexity index is 1040. The van der Waals surface area contributed by atoms with E-state index in [1.165, 1.54) is 12.1 Å². The molecule has 27 heavy (non-hydrogen) atoms. The van der Waals surface area contributed by atoms with Gasteiger partial charge >= 0.3 is 0 Å². The summed E-state index contributed by atoms with van der Waals surface area (Å²) in [5.41, 5.74) is 1.65. The number of carbonyl (C=O) groups is 1. The Balaban J connectivity index is 1.71. The van der Waals surface area contributed by atoms with Crippen LogP contribution in [0.2, 0.25) is 0 Å². The first-order chi connectivity index (χ1) is 12.9. The zero-order valence-corrected chi connectivity index (χ0v) is 16.0. The lowest BCUT2D eigenvalue weighted by Crippen LogP contribution is -2.26. The molecule has 1 amide bonds. The van der Waals surface area contributed by atoms with E-state index < -0.39 is 9.84 Å². The van der Waals surface area contributed by atoms with Gasteiger partial charge in [0.15, 0.2) is 15.6 Å². The van der Waals surface area contributed by atoms with Crippen molar-refractivity contribution in [2.24, 2.45) is 0 Å². The van der Waals surface area contributed by atoms with Gasteiger partial charge in [-0.25, -0.2) is 8.42 Å². The molecule has 0 bridgehead atoms. The molecule has 2 aromatic carbocycles. The van der Waals surface area contributed by atoms with Crippen molar-refractivity contribution in [3.63, 3.8) is 0 Å². The van der Waals surface area contributed by atoms with E-state index in [4.69, 9.17) is 4.42 Å². The summed E-state index contributed by atoms with van der Waals surface area (Å²) in [7, 11) is -3.55. The molecule has 0 aliphatic heterocycles. The maximum atomic E-state index is 12.6. The molecule has 140 valence electrons. The number of nitrogens with one attached hydrogen (secondary N) is 1. The first kappa shape index (κ1) is 18.9. The highest BCUT2D eigenvalue weighted by Gasteiger charge is 2.21. The van der Waals surface area contributed by atoms with Crippen LogP contribution in [0.5, 0.6) is 0 Å². The summed E-state index contributed by atoms with van der Waals surface area (Å²) in [5.74, 6) is -0.353. The summed E-state index contributed by atoms with van der Waals surface area (Å²) < 4.78 is 30.7. The summed E-state index contributed by atoms with van der Waals surface area (Å²) in [4.78, 5) is 12.6. The second kappa shape index (κ2) is 7.80. The summed E-state index contributed by atoms with van der Waals surface area (Å²) in [6.07, 6.45) is 0. The third-order valence-corrected chi connectivity index (χ3v) is 6.09. The molecule has 0 unspecified atom stereocenters. The molecule has 1 heterocycles. The van der Waals surface area contributed by atoms with Crippen LogP contribution in [0.25, 0.3) is 0 Å². The molecule has 0 aliphatic rings. The highest BCUT2D eigenvalue weighted by Crippen LogP contribution is 2.21. The van der Waals surface area contributed by atoms with Gasteiger partial charge in [0.2, 0.25) is 0 Å². The van der Waals surface area contributed by atoms with Crippen molar-refractivity contribution in [1.82, 2.24) is 5.32 Å². The van der Waals surface area contributed by atoms with Crippen molar-refractivity contribution in [2.45, 2.75) is 30.5 Å². The average Bonchev–Trinajstić information content (AvgIpc) is 3.10. The lowest BCUT2D eigenvalue weighted by molar-refractivity contribution is 0.0910. The topological polar surface area (TPSA) is 76.4 Å². The zero-order chi connectivity index (χ0) is 19.4. The molecule has 0 spiro atoms. The number of carbonyl (C=O) groups excluding carboxylic acids is 1. The largest absolute Gasteiger partial charge is 0.455 e. The minimum atomic E-state index is -3.55. The number of benzene rings is 2. The fourth-order valence-corrected chi connectivity index (χ4v) is 4.37.